The average molecular weight is 414 g/mol. The van der Waals surface area contributed by atoms with E-state index >= 15 is 0 Å². The molecule has 0 aliphatic carbocycles. The van der Waals surface area contributed by atoms with Gasteiger partial charge in [0, 0.05) is 17.8 Å². The topological polar surface area (TPSA) is 113 Å². The third kappa shape index (κ3) is 4.64. The molecular weight excluding hydrogens is 392 g/mol. The molecule has 9 heteroatoms. The SMILES string of the molecule is CCNS(=O)(=O)c1cc(-c2cc(C(=O)Nc3cccc(C)c3)[nH]n2)ccc1OC. The van der Waals surface area contributed by atoms with Crippen LogP contribution in [0.4, 0.5) is 5.69 Å². The molecule has 1 aromatic heterocycles. The fraction of sp³-hybridized carbons (Fsp3) is 0.200. The van der Waals surface area contributed by atoms with Gasteiger partial charge in [0.25, 0.3) is 5.91 Å². The van der Waals surface area contributed by atoms with E-state index in [0.717, 1.165) is 5.56 Å². The largest absolute Gasteiger partial charge is 0.495 e. The number of carbonyl (C=O) groups is 1. The molecule has 2 aromatic carbocycles. The summed E-state index contributed by atoms with van der Waals surface area (Å²) in [6, 6.07) is 13.7. The summed E-state index contributed by atoms with van der Waals surface area (Å²) in [4.78, 5) is 12.5. The first kappa shape index (κ1) is 20.6. The van der Waals surface area contributed by atoms with E-state index in [0.29, 0.717) is 16.9 Å². The van der Waals surface area contributed by atoms with Crippen molar-refractivity contribution in [3.63, 3.8) is 0 Å². The molecule has 1 heterocycles. The van der Waals surface area contributed by atoms with Crippen molar-refractivity contribution in [3.05, 3.63) is 59.8 Å². The molecule has 0 fully saturated rings. The van der Waals surface area contributed by atoms with Crippen molar-refractivity contribution in [1.29, 1.82) is 0 Å². The summed E-state index contributed by atoms with van der Waals surface area (Å²) in [5.74, 6) is -0.119. The summed E-state index contributed by atoms with van der Waals surface area (Å²) in [6.07, 6.45) is 0. The summed E-state index contributed by atoms with van der Waals surface area (Å²) in [5.41, 5.74) is 2.94. The number of nitrogens with zero attached hydrogens (tertiary/aromatic N) is 1. The number of aromatic amines is 1. The van der Waals surface area contributed by atoms with Crippen LogP contribution in [0.3, 0.4) is 0 Å². The third-order valence-corrected chi connectivity index (χ3v) is 5.75. The Hall–Kier alpha value is -3.17. The van der Waals surface area contributed by atoms with Crippen LogP contribution in [-0.4, -0.2) is 38.2 Å². The first-order chi connectivity index (χ1) is 13.8. The van der Waals surface area contributed by atoms with E-state index in [1.807, 2.05) is 25.1 Å². The van der Waals surface area contributed by atoms with Gasteiger partial charge in [0.2, 0.25) is 10.0 Å². The van der Waals surface area contributed by atoms with E-state index in [-0.39, 0.29) is 28.8 Å². The van der Waals surface area contributed by atoms with Gasteiger partial charge in [0.1, 0.15) is 16.3 Å². The molecule has 3 N–H and O–H groups in total. The normalized spacial score (nSPS) is 11.3. The van der Waals surface area contributed by atoms with Crippen LogP contribution < -0.4 is 14.8 Å². The van der Waals surface area contributed by atoms with Gasteiger partial charge in [-0.05, 0) is 48.9 Å². The van der Waals surface area contributed by atoms with Gasteiger partial charge >= 0.3 is 0 Å². The number of methoxy groups -OCH3 is 1. The monoisotopic (exact) mass is 414 g/mol. The lowest BCUT2D eigenvalue weighted by Crippen LogP contribution is -2.23. The van der Waals surface area contributed by atoms with Gasteiger partial charge in [-0.15, -0.1) is 0 Å². The van der Waals surface area contributed by atoms with E-state index in [1.54, 1.807) is 31.2 Å². The summed E-state index contributed by atoms with van der Waals surface area (Å²) >= 11 is 0. The van der Waals surface area contributed by atoms with Gasteiger partial charge in [-0.25, -0.2) is 13.1 Å². The molecule has 29 heavy (non-hydrogen) atoms. The van der Waals surface area contributed by atoms with Crippen molar-refractivity contribution < 1.29 is 17.9 Å². The molecule has 0 bridgehead atoms. The minimum Gasteiger partial charge on any atom is -0.495 e. The van der Waals surface area contributed by atoms with Crippen LogP contribution in [0.5, 0.6) is 5.75 Å². The second kappa shape index (κ2) is 8.46. The second-order valence-corrected chi connectivity index (χ2v) is 8.09. The highest BCUT2D eigenvalue weighted by molar-refractivity contribution is 7.89. The molecule has 0 unspecified atom stereocenters. The molecule has 0 spiro atoms. The molecule has 152 valence electrons. The Balaban J connectivity index is 1.89. The number of rotatable bonds is 7. The summed E-state index contributed by atoms with van der Waals surface area (Å²) in [7, 11) is -2.33. The fourth-order valence-corrected chi connectivity index (χ4v) is 4.05. The van der Waals surface area contributed by atoms with Crippen LogP contribution >= 0.6 is 0 Å². The first-order valence-electron chi connectivity index (χ1n) is 8.95. The lowest BCUT2D eigenvalue weighted by atomic mass is 10.1. The minimum absolute atomic E-state index is 0.00751. The lowest BCUT2D eigenvalue weighted by Gasteiger charge is -2.11. The highest BCUT2D eigenvalue weighted by atomic mass is 32.2. The summed E-state index contributed by atoms with van der Waals surface area (Å²) in [5, 5.41) is 9.64. The van der Waals surface area contributed by atoms with Gasteiger partial charge in [0.05, 0.1) is 12.8 Å². The standard InChI is InChI=1S/C20H22N4O4S/c1-4-21-29(26,27)19-11-14(8-9-18(19)28-3)16-12-17(24-23-16)20(25)22-15-7-5-6-13(2)10-15/h5-12,21H,4H2,1-3H3,(H,22,25)(H,23,24). The number of H-pyrrole nitrogens is 1. The fourth-order valence-electron chi connectivity index (χ4n) is 2.82. The van der Waals surface area contributed by atoms with Crippen LogP contribution in [0.2, 0.25) is 0 Å². The van der Waals surface area contributed by atoms with Crippen molar-refractivity contribution in [3.8, 4) is 17.0 Å². The zero-order valence-electron chi connectivity index (χ0n) is 16.3. The number of anilines is 1. The lowest BCUT2D eigenvalue weighted by molar-refractivity contribution is 0.102. The van der Waals surface area contributed by atoms with Crippen LogP contribution in [0.25, 0.3) is 11.3 Å². The highest BCUT2D eigenvalue weighted by Crippen LogP contribution is 2.29. The van der Waals surface area contributed by atoms with Crippen LogP contribution in [0.15, 0.2) is 53.4 Å². The number of aromatic nitrogens is 2. The maximum Gasteiger partial charge on any atom is 0.273 e. The first-order valence-corrected chi connectivity index (χ1v) is 10.4. The predicted octanol–water partition coefficient (Wildman–Crippen LogP) is 2.94. The van der Waals surface area contributed by atoms with Gasteiger partial charge < -0.3 is 10.1 Å². The smallest absolute Gasteiger partial charge is 0.273 e. The van der Waals surface area contributed by atoms with Gasteiger partial charge in [-0.1, -0.05) is 19.1 Å². The van der Waals surface area contributed by atoms with Crippen molar-refractivity contribution in [2.24, 2.45) is 0 Å². The molecule has 0 aliphatic heterocycles. The Morgan fingerprint density at radius 3 is 2.66 bits per heavy atom. The average Bonchev–Trinajstić information content (AvgIpc) is 3.18. The Kier molecular flexibility index (Phi) is 6.00. The number of hydrogen-bond donors (Lipinski definition) is 3. The van der Waals surface area contributed by atoms with Crippen molar-refractivity contribution in [2.75, 3.05) is 19.0 Å². The van der Waals surface area contributed by atoms with Gasteiger partial charge in [0.15, 0.2) is 0 Å². The molecule has 3 aromatic rings. The number of carbonyl (C=O) groups excluding carboxylic acids is 1. The minimum atomic E-state index is -3.73. The molecule has 0 radical (unpaired) electrons. The molecule has 8 nitrogen and oxygen atoms in total. The van der Waals surface area contributed by atoms with Crippen molar-refractivity contribution >= 4 is 21.6 Å². The molecule has 1 amide bonds. The Bertz CT molecular complexity index is 1140. The van der Waals surface area contributed by atoms with Crippen LogP contribution in [-0.2, 0) is 10.0 Å². The van der Waals surface area contributed by atoms with E-state index in [1.165, 1.54) is 13.2 Å². The van der Waals surface area contributed by atoms with E-state index in [4.69, 9.17) is 4.74 Å². The van der Waals surface area contributed by atoms with Gasteiger partial charge in [-0.3, -0.25) is 9.89 Å². The Morgan fingerprint density at radius 1 is 1.17 bits per heavy atom. The molecule has 0 aliphatic rings. The van der Waals surface area contributed by atoms with Crippen LogP contribution in [0, 0.1) is 6.92 Å². The van der Waals surface area contributed by atoms with Crippen molar-refractivity contribution in [2.45, 2.75) is 18.7 Å². The Labute approximate surface area is 169 Å². The zero-order chi connectivity index (χ0) is 21.0. The maximum absolute atomic E-state index is 12.5. The number of ether oxygens (including phenoxy) is 1. The quantitative estimate of drug-likeness (QED) is 0.550. The maximum atomic E-state index is 12.5. The third-order valence-electron chi connectivity index (χ3n) is 4.18. The number of amides is 1. The summed E-state index contributed by atoms with van der Waals surface area (Å²) < 4.78 is 32.5. The molecule has 0 saturated carbocycles. The number of nitrogens with one attached hydrogen (secondary N) is 3. The molecular formula is C20H22N4O4S. The summed E-state index contributed by atoms with van der Waals surface area (Å²) in [6.45, 7) is 3.88. The van der Waals surface area contributed by atoms with Crippen LogP contribution in [0.1, 0.15) is 23.0 Å². The molecule has 0 saturated heterocycles. The van der Waals surface area contributed by atoms with E-state index in [9.17, 15) is 13.2 Å². The van der Waals surface area contributed by atoms with E-state index in [2.05, 4.69) is 20.2 Å². The van der Waals surface area contributed by atoms with Crippen molar-refractivity contribution in [1.82, 2.24) is 14.9 Å². The predicted molar refractivity (Wildman–Crippen MR) is 111 cm³/mol. The van der Waals surface area contributed by atoms with E-state index < -0.39 is 10.0 Å². The number of sulfonamides is 1. The molecule has 0 atom stereocenters. The number of benzene rings is 2. The van der Waals surface area contributed by atoms with Gasteiger partial charge in [-0.2, -0.15) is 5.10 Å². The highest BCUT2D eigenvalue weighted by Gasteiger charge is 2.20. The number of hydrogen-bond acceptors (Lipinski definition) is 5. The second-order valence-electron chi connectivity index (χ2n) is 6.36. The molecule has 3 rings (SSSR count). The zero-order valence-corrected chi connectivity index (χ0v) is 17.1. The Morgan fingerprint density at radius 2 is 1.97 bits per heavy atom. The number of aryl methyl sites for hydroxylation is 1.